The zero-order chi connectivity index (χ0) is 15.4. The molecule has 1 atom stereocenters. The van der Waals surface area contributed by atoms with Gasteiger partial charge in [-0.1, -0.05) is 67.3 Å². The average Bonchev–Trinajstić information content (AvgIpc) is 2.34. The number of carbonyl (C=O) groups is 1. The van der Waals surface area contributed by atoms with Crippen LogP contribution in [0.1, 0.15) is 64.2 Å². The number of carboxylic acid groups (broad SMARTS) is 1. The van der Waals surface area contributed by atoms with Gasteiger partial charge in [0.1, 0.15) is 0 Å². The van der Waals surface area contributed by atoms with E-state index in [0.29, 0.717) is 6.42 Å². The highest BCUT2D eigenvalue weighted by molar-refractivity contribution is 9.09. The normalized spacial score (nSPS) is 13.3. The molecule has 120 valence electrons. The van der Waals surface area contributed by atoms with Crippen LogP contribution >= 0.6 is 23.5 Å². The van der Waals surface area contributed by atoms with E-state index in [-0.39, 0.29) is 6.42 Å². The molecule has 0 aromatic rings. The summed E-state index contributed by atoms with van der Waals surface area (Å²) in [4.78, 5) is 28.6. The lowest BCUT2D eigenvalue weighted by atomic mass is 10.1. The summed E-state index contributed by atoms with van der Waals surface area (Å²) in [5.74, 6) is -1.40. The molecule has 0 spiro atoms. The lowest BCUT2D eigenvalue weighted by Gasteiger charge is -2.13. The Balaban J connectivity index is 3.52. The first kappa shape index (κ1) is 20.1. The van der Waals surface area contributed by atoms with Crippen LogP contribution in [-0.2, 0) is 9.36 Å². The van der Waals surface area contributed by atoms with Crippen molar-refractivity contribution in [3.05, 3.63) is 0 Å². The van der Waals surface area contributed by atoms with Crippen LogP contribution in [0, 0.1) is 0 Å². The van der Waals surface area contributed by atoms with Crippen LogP contribution < -0.4 is 0 Å². The highest BCUT2D eigenvalue weighted by Crippen LogP contribution is 2.43. The van der Waals surface area contributed by atoms with Gasteiger partial charge in [0.2, 0.25) is 0 Å². The van der Waals surface area contributed by atoms with Crippen LogP contribution in [0.4, 0.5) is 0 Å². The van der Waals surface area contributed by atoms with Gasteiger partial charge in [-0.05, 0) is 12.8 Å². The van der Waals surface area contributed by atoms with Crippen LogP contribution in [-0.4, -0.2) is 31.9 Å². The fraction of sp³-hybridized carbons (Fsp3) is 0.923. The standard InChI is InChI=1S/C13H26BrO5P/c14-11-9-7-5-3-1-2-4-6-8-10-12(13(15)16)20(17,18)19/h12H,1-11H2,(H,15,16)(H2,17,18,19). The molecule has 3 N–H and O–H groups in total. The molecule has 0 aliphatic carbocycles. The lowest BCUT2D eigenvalue weighted by molar-refractivity contribution is -0.137. The molecular weight excluding hydrogens is 347 g/mol. The Morgan fingerprint density at radius 1 is 0.900 bits per heavy atom. The fourth-order valence-electron chi connectivity index (χ4n) is 2.11. The summed E-state index contributed by atoms with van der Waals surface area (Å²) < 4.78 is 11.0. The average molecular weight is 373 g/mol. The highest BCUT2D eigenvalue weighted by Gasteiger charge is 2.34. The predicted molar refractivity (Wildman–Crippen MR) is 83.4 cm³/mol. The topological polar surface area (TPSA) is 94.8 Å². The summed E-state index contributed by atoms with van der Waals surface area (Å²) in [6.07, 6.45) is 9.73. The summed E-state index contributed by atoms with van der Waals surface area (Å²) in [5.41, 5.74) is -1.54. The summed E-state index contributed by atoms with van der Waals surface area (Å²) in [6.45, 7) is 0. The number of aliphatic carboxylic acids is 1. The molecule has 0 aliphatic rings. The molecule has 0 aromatic carbocycles. The number of hydrogen-bond donors (Lipinski definition) is 3. The van der Waals surface area contributed by atoms with Gasteiger partial charge in [0.05, 0.1) is 0 Å². The fourth-order valence-corrected chi connectivity index (χ4v) is 3.31. The Kier molecular flexibility index (Phi) is 11.8. The number of hydrogen-bond acceptors (Lipinski definition) is 2. The Bertz CT molecular complexity index is 305. The number of unbranched alkanes of at least 4 members (excludes halogenated alkanes) is 8. The Morgan fingerprint density at radius 2 is 1.30 bits per heavy atom. The number of rotatable bonds is 13. The number of carboxylic acids is 1. The van der Waals surface area contributed by atoms with Crippen molar-refractivity contribution in [2.45, 2.75) is 69.9 Å². The lowest BCUT2D eigenvalue weighted by Crippen LogP contribution is -2.20. The van der Waals surface area contributed by atoms with Crippen LogP contribution in [0.2, 0.25) is 0 Å². The van der Waals surface area contributed by atoms with E-state index in [0.717, 1.165) is 24.6 Å². The highest BCUT2D eigenvalue weighted by atomic mass is 79.9. The monoisotopic (exact) mass is 372 g/mol. The smallest absolute Gasteiger partial charge is 0.339 e. The van der Waals surface area contributed by atoms with Gasteiger partial charge < -0.3 is 14.9 Å². The quantitative estimate of drug-likeness (QED) is 0.258. The molecule has 20 heavy (non-hydrogen) atoms. The third kappa shape index (κ3) is 10.8. The van der Waals surface area contributed by atoms with Crippen molar-refractivity contribution < 1.29 is 24.3 Å². The van der Waals surface area contributed by atoms with E-state index in [9.17, 15) is 9.36 Å². The second-order valence-electron chi connectivity index (χ2n) is 5.10. The Morgan fingerprint density at radius 3 is 1.65 bits per heavy atom. The summed E-state index contributed by atoms with van der Waals surface area (Å²) >= 11 is 3.40. The Labute approximate surface area is 129 Å². The summed E-state index contributed by atoms with van der Waals surface area (Å²) in [5, 5.41) is 9.82. The SMILES string of the molecule is O=C(O)C(CCCCCCCCCCCBr)P(=O)(O)O. The Hall–Kier alpha value is 0.1000. The zero-order valence-corrected chi connectivity index (χ0v) is 14.3. The van der Waals surface area contributed by atoms with Crippen molar-refractivity contribution >= 4 is 29.5 Å². The third-order valence-electron chi connectivity index (χ3n) is 3.30. The van der Waals surface area contributed by atoms with E-state index >= 15 is 0 Å². The molecule has 0 saturated carbocycles. The van der Waals surface area contributed by atoms with E-state index in [4.69, 9.17) is 14.9 Å². The molecule has 0 bridgehead atoms. The molecule has 0 radical (unpaired) electrons. The molecule has 0 amide bonds. The first-order chi connectivity index (χ1) is 9.39. The molecule has 0 fully saturated rings. The molecule has 0 aromatic heterocycles. The first-order valence-electron chi connectivity index (χ1n) is 7.23. The predicted octanol–water partition coefficient (Wildman–Crippen LogP) is 3.91. The molecular formula is C13H26BrO5P. The van der Waals surface area contributed by atoms with Crippen molar-refractivity contribution in [3.8, 4) is 0 Å². The molecule has 7 heteroatoms. The minimum absolute atomic E-state index is 0.0604. The van der Waals surface area contributed by atoms with Crippen LogP contribution in [0.5, 0.6) is 0 Å². The number of alkyl halides is 1. The zero-order valence-electron chi connectivity index (χ0n) is 11.8. The van der Waals surface area contributed by atoms with Crippen molar-refractivity contribution in [2.24, 2.45) is 0 Å². The molecule has 5 nitrogen and oxygen atoms in total. The third-order valence-corrected chi connectivity index (χ3v) is 5.15. The maximum absolute atomic E-state index is 11.0. The molecule has 0 heterocycles. The van der Waals surface area contributed by atoms with E-state index in [1.54, 1.807) is 0 Å². The second-order valence-corrected chi connectivity index (χ2v) is 7.70. The van der Waals surface area contributed by atoms with Gasteiger partial charge in [-0.25, -0.2) is 0 Å². The molecule has 0 rings (SSSR count). The van der Waals surface area contributed by atoms with Crippen molar-refractivity contribution in [3.63, 3.8) is 0 Å². The molecule has 0 saturated heterocycles. The van der Waals surface area contributed by atoms with E-state index in [1.807, 2.05) is 0 Å². The largest absolute Gasteiger partial charge is 0.481 e. The first-order valence-corrected chi connectivity index (χ1v) is 10.0. The van der Waals surface area contributed by atoms with Gasteiger partial charge in [0.25, 0.3) is 0 Å². The van der Waals surface area contributed by atoms with E-state index in [2.05, 4.69) is 15.9 Å². The van der Waals surface area contributed by atoms with E-state index in [1.165, 1.54) is 32.1 Å². The molecule has 0 aliphatic heterocycles. The number of halogens is 1. The summed E-state index contributed by atoms with van der Waals surface area (Å²) in [6, 6.07) is 0. The van der Waals surface area contributed by atoms with E-state index < -0.39 is 19.2 Å². The van der Waals surface area contributed by atoms with Gasteiger partial charge in [-0.3, -0.25) is 9.36 Å². The van der Waals surface area contributed by atoms with Crippen molar-refractivity contribution in [1.82, 2.24) is 0 Å². The van der Waals surface area contributed by atoms with Crippen molar-refractivity contribution in [2.75, 3.05) is 5.33 Å². The van der Waals surface area contributed by atoms with Gasteiger partial charge >= 0.3 is 13.6 Å². The molecule has 1 unspecified atom stereocenters. The minimum atomic E-state index is -4.51. The minimum Gasteiger partial charge on any atom is -0.481 e. The van der Waals surface area contributed by atoms with Gasteiger partial charge in [-0.2, -0.15) is 0 Å². The van der Waals surface area contributed by atoms with Crippen LogP contribution in [0.15, 0.2) is 0 Å². The van der Waals surface area contributed by atoms with Crippen LogP contribution in [0.3, 0.4) is 0 Å². The van der Waals surface area contributed by atoms with Crippen molar-refractivity contribution in [1.29, 1.82) is 0 Å². The maximum Gasteiger partial charge on any atom is 0.339 e. The van der Waals surface area contributed by atoms with Crippen LogP contribution in [0.25, 0.3) is 0 Å². The second kappa shape index (κ2) is 11.7. The van der Waals surface area contributed by atoms with Gasteiger partial charge in [-0.15, -0.1) is 0 Å². The maximum atomic E-state index is 11.0. The van der Waals surface area contributed by atoms with Gasteiger partial charge in [0, 0.05) is 5.33 Å². The van der Waals surface area contributed by atoms with Gasteiger partial charge in [0.15, 0.2) is 5.66 Å². The summed E-state index contributed by atoms with van der Waals surface area (Å²) in [7, 11) is -4.51.